The number of benzene rings is 1. The fourth-order valence-electron chi connectivity index (χ4n) is 2.72. The Bertz CT molecular complexity index is 643. The number of nitrogens with one attached hydrogen (secondary N) is 1. The van der Waals surface area contributed by atoms with Crippen molar-refractivity contribution in [1.29, 1.82) is 0 Å². The number of anilines is 1. The summed E-state index contributed by atoms with van der Waals surface area (Å²) >= 11 is 5.83. The standard InChI is InChI=1S/C15H24ClN3O3S/c1-18-6-9-19(2,10-7-18)8-3-11-23(21,22)17-14-12-13(16)4-5-15(14)20/h4-5,12,17H,3,6-11H2,1-2H3/p+1. The van der Waals surface area contributed by atoms with Crippen molar-refractivity contribution in [3.8, 4) is 5.75 Å². The first-order valence-corrected chi connectivity index (χ1v) is 9.73. The predicted octanol–water partition coefficient (Wildman–Crippen LogP) is 1.57. The molecule has 130 valence electrons. The van der Waals surface area contributed by atoms with Gasteiger partial charge in [-0.3, -0.25) is 9.62 Å². The molecule has 0 spiro atoms. The van der Waals surface area contributed by atoms with E-state index in [0.29, 0.717) is 11.4 Å². The molecule has 8 heteroatoms. The second kappa shape index (κ2) is 7.25. The Morgan fingerprint density at radius 3 is 2.65 bits per heavy atom. The lowest BCUT2D eigenvalue weighted by Gasteiger charge is -2.41. The predicted molar refractivity (Wildman–Crippen MR) is 93.4 cm³/mol. The Morgan fingerprint density at radius 1 is 1.35 bits per heavy atom. The molecule has 0 bridgehead atoms. The molecule has 0 aliphatic carbocycles. The zero-order chi connectivity index (χ0) is 17.1. The van der Waals surface area contributed by atoms with Crippen molar-refractivity contribution in [1.82, 2.24) is 4.90 Å². The maximum absolute atomic E-state index is 12.2. The van der Waals surface area contributed by atoms with E-state index >= 15 is 0 Å². The molecule has 23 heavy (non-hydrogen) atoms. The lowest BCUT2D eigenvalue weighted by atomic mass is 10.2. The van der Waals surface area contributed by atoms with Crippen LogP contribution in [0.2, 0.25) is 5.02 Å². The van der Waals surface area contributed by atoms with E-state index in [0.717, 1.165) is 37.2 Å². The third-order valence-electron chi connectivity index (χ3n) is 4.38. The molecule has 6 nitrogen and oxygen atoms in total. The van der Waals surface area contributed by atoms with Gasteiger partial charge < -0.3 is 9.59 Å². The number of phenols is 1. The summed E-state index contributed by atoms with van der Waals surface area (Å²) in [5, 5.41) is 10.1. The normalized spacial score (nSPS) is 18.7. The number of nitrogens with zero attached hydrogens (tertiary/aromatic N) is 2. The highest BCUT2D eigenvalue weighted by molar-refractivity contribution is 7.92. The summed E-state index contributed by atoms with van der Waals surface area (Å²) in [4.78, 5) is 2.29. The summed E-state index contributed by atoms with van der Waals surface area (Å²) in [6.07, 6.45) is 0.580. The summed E-state index contributed by atoms with van der Waals surface area (Å²) in [5.41, 5.74) is 0.123. The van der Waals surface area contributed by atoms with Crippen molar-refractivity contribution in [2.75, 3.05) is 57.3 Å². The van der Waals surface area contributed by atoms with Crippen molar-refractivity contribution in [2.45, 2.75) is 6.42 Å². The van der Waals surface area contributed by atoms with E-state index in [-0.39, 0.29) is 17.2 Å². The molecule has 0 aromatic heterocycles. The molecule has 0 amide bonds. The van der Waals surface area contributed by atoms with Gasteiger partial charge in [0.2, 0.25) is 10.0 Å². The lowest BCUT2D eigenvalue weighted by molar-refractivity contribution is -0.913. The summed E-state index contributed by atoms with van der Waals surface area (Å²) in [6.45, 7) is 4.99. The number of quaternary nitrogens is 1. The topological polar surface area (TPSA) is 69.6 Å². The van der Waals surface area contributed by atoms with Gasteiger partial charge in [0.1, 0.15) is 5.75 Å². The molecule has 1 fully saturated rings. The quantitative estimate of drug-likeness (QED) is 0.595. The minimum Gasteiger partial charge on any atom is -0.506 e. The van der Waals surface area contributed by atoms with Crippen LogP contribution in [0.5, 0.6) is 5.75 Å². The Hall–Kier alpha value is -1.02. The maximum Gasteiger partial charge on any atom is 0.233 e. The second-order valence-electron chi connectivity index (χ2n) is 6.53. The van der Waals surface area contributed by atoms with Crippen molar-refractivity contribution < 1.29 is 18.0 Å². The molecule has 1 saturated heterocycles. The number of phenolic OH excluding ortho intramolecular Hbond substituents is 1. The molecule has 0 radical (unpaired) electrons. The zero-order valence-corrected chi connectivity index (χ0v) is 15.2. The molecular weight excluding hydrogens is 338 g/mol. The number of aromatic hydroxyl groups is 1. The van der Waals surface area contributed by atoms with Crippen LogP contribution in [0.1, 0.15) is 6.42 Å². The summed E-state index contributed by atoms with van der Waals surface area (Å²) in [7, 11) is 0.782. The largest absolute Gasteiger partial charge is 0.506 e. The van der Waals surface area contributed by atoms with Crippen LogP contribution in [0.4, 0.5) is 5.69 Å². The van der Waals surface area contributed by atoms with E-state index in [1.807, 2.05) is 0 Å². The van der Waals surface area contributed by atoms with Crippen molar-refractivity contribution in [2.24, 2.45) is 0 Å². The molecule has 1 heterocycles. The Kier molecular flexibility index (Phi) is 5.78. The van der Waals surface area contributed by atoms with Gasteiger partial charge in [-0.25, -0.2) is 8.42 Å². The van der Waals surface area contributed by atoms with Gasteiger partial charge in [-0.1, -0.05) is 11.6 Å². The number of piperazine rings is 1. The summed E-state index contributed by atoms with van der Waals surface area (Å²) in [6, 6.07) is 4.28. The minimum absolute atomic E-state index is 0.0304. The van der Waals surface area contributed by atoms with Crippen molar-refractivity contribution in [3.05, 3.63) is 23.2 Å². The molecular formula is C15H25ClN3O3S+. The van der Waals surface area contributed by atoms with E-state index < -0.39 is 10.0 Å². The number of likely N-dealkylation sites (N-methyl/N-ethyl adjacent to an activating group) is 2. The maximum atomic E-state index is 12.2. The molecule has 1 aromatic carbocycles. The van der Waals surface area contributed by atoms with Crippen LogP contribution in [-0.2, 0) is 10.0 Å². The van der Waals surface area contributed by atoms with Crippen molar-refractivity contribution >= 4 is 27.3 Å². The highest BCUT2D eigenvalue weighted by Gasteiger charge is 2.27. The first-order chi connectivity index (χ1) is 10.7. The number of hydrogen-bond acceptors (Lipinski definition) is 4. The van der Waals surface area contributed by atoms with Gasteiger partial charge in [-0.2, -0.15) is 0 Å². The van der Waals surface area contributed by atoms with Gasteiger partial charge in [-0.05, 0) is 25.2 Å². The van der Waals surface area contributed by atoms with Crippen LogP contribution in [0.25, 0.3) is 0 Å². The Morgan fingerprint density at radius 2 is 2.00 bits per heavy atom. The number of halogens is 1. The fourth-order valence-corrected chi connectivity index (χ4v) is 4.00. The van der Waals surface area contributed by atoms with Crippen molar-refractivity contribution in [3.63, 3.8) is 0 Å². The molecule has 0 saturated carbocycles. The van der Waals surface area contributed by atoms with Crippen LogP contribution < -0.4 is 4.72 Å². The Labute approximate surface area is 143 Å². The van der Waals surface area contributed by atoms with Crippen LogP contribution in [0, 0.1) is 0 Å². The monoisotopic (exact) mass is 362 g/mol. The highest BCUT2D eigenvalue weighted by atomic mass is 35.5. The van der Waals surface area contributed by atoms with Crippen LogP contribution >= 0.6 is 11.6 Å². The van der Waals surface area contributed by atoms with E-state index in [1.54, 1.807) is 0 Å². The summed E-state index contributed by atoms with van der Waals surface area (Å²) < 4.78 is 27.7. The highest BCUT2D eigenvalue weighted by Crippen LogP contribution is 2.27. The first-order valence-electron chi connectivity index (χ1n) is 7.70. The van der Waals surface area contributed by atoms with Gasteiger partial charge in [0.25, 0.3) is 0 Å². The number of rotatable bonds is 6. The van der Waals surface area contributed by atoms with Gasteiger partial charge in [0.05, 0.1) is 38.1 Å². The van der Waals surface area contributed by atoms with E-state index in [1.165, 1.54) is 18.2 Å². The van der Waals surface area contributed by atoms with Crippen LogP contribution in [0.3, 0.4) is 0 Å². The zero-order valence-electron chi connectivity index (χ0n) is 13.6. The molecule has 1 aromatic rings. The van der Waals surface area contributed by atoms with Gasteiger partial charge in [-0.15, -0.1) is 0 Å². The van der Waals surface area contributed by atoms with E-state index in [9.17, 15) is 13.5 Å². The third-order valence-corrected chi connectivity index (χ3v) is 5.97. The first kappa shape index (κ1) is 18.3. The van der Waals surface area contributed by atoms with Gasteiger partial charge >= 0.3 is 0 Å². The average Bonchev–Trinajstić information content (AvgIpc) is 2.46. The number of sulfonamides is 1. The third kappa shape index (κ3) is 5.53. The number of hydrogen-bond donors (Lipinski definition) is 2. The molecule has 2 rings (SSSR count). The lowest BCUT2D eigenvalue weighted by Crippen LogP contribution is -2.56. The van der Waals surface area contributed by atoms with Gasteiger partial charge in [0.15, 0.2) is 0 Å². The molecule has 0 unspecified atom stereocenters. The molecule has 1 aliphatic heterocycles. The van der Waals surface area contributed by atoms with E-state index in [4.69, 9.17) is 11.6 Å². The smallest absolute Gasteiger partial charge is 0.233 e. The van der Waals surface area contributed by atoms with E-state index in [2.05, 4.69) is 23.7 Å². The fraction of sp³-hybridized carbons (Fsp3) is 0.600. The average molecular weight is 363 g/mol. The molecule has 0 atom stereocenters. The Balaban J connectivity index is 1.88. The van der Waals surface area contributed by atoms with Gasteiger partial charge in [0, 0.05) is 24.5 Å². The molecule has 2 N–H and O–H groups in total. The summed E-state index contributed by atoms with van der Waals surface area (Å²) in [5.74, 6) is -0.0983. The second-order valence-corrected chi connectivity index (χ2v) is 8.81. The minimum atomic E-state index is -3.50. The molecule has 1 aliphatic rings. The van der Waals surface area contributed by atoms with Crippen LogP contribution in [0.15, 0.2) is 18.2 Å². The SMILES string of the molecule is CN1CC[N+](C)(CCCS(=O)(=O)Nc2cc(Cl)ccc2O)CC1. The van der Waals surface area contributed by atoms with Crippen LogP contribution in [-0.4, -0.2) is 75.5 Å².